The smallest absolute Gasteiger partial charge is 0.184 e. The van der Waals surface area contributed by atoms with Crippen molar-refractivity contribution in [3.63, 3.8) is 0 Å². The van der Waals surface area contributed by atoms with Crippen molar-refractivity contribution >= 4 is 14.1 Å². The summed E-state index contributed by atoms with van der Waals surface area (Å²) >= 11 is 0. The normalized spacial score (nSPS) is 31.2. The van der Waals surface area contributed by atoms with E-state index in [0.717, 1.165) is 12.8 Å². The van der Waals surface area contributed by atoms with E-state index in [1.807, 2.05) is 19.9 Å². The van der Waals surface area contributed by atoms with Crippen LogP contribution in [-0.4, -0.2) is 49.4 Å². The molecule has 1 saturated heterocycles. The second kappa shape index (κ2) is 9.35. The second-order valence-corrected chi connectivity index (χ2v) is 13.8. The number of unbranched alkanes of at least 4 members (excludes halogenated alkanes) is 3. The molecule has 6 heteroatoms. The summed E-state index contributed by atoms with van der Waals surface area (Å²) in [5.41, 5.74) is -0.821. The number of ketones is 1. The van der Waals surface area contributed by atoms with E-state index in [-0.39, 0.29) is 12.4 Å². The van der Waals surface area contributed by atoms with Crippen LogP contribution in [0, 0.1) is 5.92 Å². The first-order chi connectivity index (χ1) is 13.0. The average Bonchev–Trinajstić information content (AvgIpc) is 3.09. The molecule has 0 bridgehead atoms. The Morgan fingerprint density at radius 3 is 2.61 bits per heavy atom. The zero-order chi connectivity index (χ0) is 21.0. The highest BCUT2D eigenvalue weighted by atomic mass is 28.4. The summed E-state index contributed by atoms with van der Waals surface area (Å²) in [6.45, 7) is 12.4. The maximum atomic E-state index is 12.8. The molecule has 0 aromatic rings. The Morgan fingerprint density at radius 2 is 2.04 bits per heavy atom. The van der Waals surface area contributed by atoms with Gasteiger partial charge in [-0.1, -0.05) is 31.9 Å². The highest BCUT2D eigenvalue weighted by molar-refractivity contribution is 6.69. The molecule has 5 nitrogen and oxygen atoms in total. The summed E-state index contributed by atoms with van der Waals surface area (Å²) < 4.78 is 18.0. The SMILES string of the molecule is CCCCC/C=C\C[C@]1(O[Si](C)(C)C)C=CC(=O)C1C(O)[C@H]1COC(C)(C)O1. The first-order valence-corrected chi connectivity index (χ1v) is 14.0. The fourth-order valence-corrected chi connectivity index (χ4v) is 5.45. The van der Waals surface area contributed by atoms with Gasteiger partial charge in [0.1, 0.15) is 6.10 Å². The van der Waals surface area contributed by atoms with Crippen molar-refractivity contribution in [2.24, 2.45) is 5.92 Å². The molecule has 1 aliphatic heterocycles. The Bertz CT molecular complexity index is 592. The van der Waals surface area contributed by atoms with Crippen LogP contribution in [0.5, 0.6) is 0 Å². The quantitative estimate of drug-likeness (QED) is 0.329. The van der Waals surface area contributed by atoms with Gasteiger partial charge >= 0.3 is 0 Å². The number of ether oxygens (including phenoxy) is 2. The molecular formula is C22H38O5Si. The van der Waals surface area contributed by atoms with Gasteiger partial charge < -0.3 is 19.0 Å². The molecule has 4 atom stereocenters. The fourth-order valence-electron chi connectivity index (χ4n) is 4.03. The molecule has 0 amide bonds. The Kier molecular flexibility index (Phi) is 7.84. The van der Waals surface area contributed by atoms with E-state index in [9.17, 15) is 9.90 Å². The molecule has 1 heterocycles. The number of aliphatic hydroxyl groups is 1. The monoisotopic (exact) mass is 410 g/mol. The summed E-state index contributed by atoms with van der Waals surface area (Å²) in [4.78, 5) is 12.8. The zero-order valence-corrected chi connectivity index (χ0v) is 19.4. The first-order valence-electron chi connectivity index (χ1n) is 10.6. The summed E-state index contributed by atoms with van der Waals surface area (Å²) in [6, 6.07) is 0. The van der Waals surface area contributed by atoms with E-state index in [0.29, 0.717) is 6.42 Å². The third-order valence-electron chi connectivity index (χ3n) is 5.19. The molecule has 0 spiro atoms. The van der Waals surface area contributed by atoms with E-state index in [4.69, 9.17) is 13.9 Å². The van der Waals surface area contributed by atoms with Crippen molar-refractivity contribution in [1.82, 2.24) is 0 Å². The number of carbonyl (C=O) groups is 1. The van der Waals surface area contributed by atoms with Gasteiger partial charge in [0.25, 0.3) is 0 Å². The predicted octanol–water partition coefficient (Wildman–Crippen LogP) is 4.37. The summed E-state index contributed by atoms with van der Waals surface area (Å²) in [6.07, 6.45) is 11.4. The van der Waals surface area contributed by atoms with Crippen molar-refractivity contribution in [3.05, 3.63) is 24.3 Å². The van der Waals surface area contributed by atoms with Gasteiger partial charge in [-0.25, -0.2) is 0 Å². The number of hydrogen-bond acceptors (Lipinski definition) is 5. The van der Waals surface area contributed by atoms with Crippen molar-refractivity contribution < 1.29 is 23.8 Å². The minimum atomic E-state index is -1.98. The first kappa shape index (κ1) is 23.5. The topological polar surface area (TPSA) is 65.0 Å². The van der Waals surface area contributed by atoms with Crippen LogP contribution < -0.4 is 0 Å². The molecule has 1 aliphatic carbocycles. The molecule has 160 valence electrons. The molecule has 2 aliphatic rings. The second-order valence-electron chi connectivity index (χ2n) is 9.41. The van der Waals surface area contributed by atoms with Crippen molar-refractivity contribution in [2.45, 2.75) is 96.1 Å². The van der Waals surface area contributed by atoms with E-state index < -0.39 is 37.8 Å². The van der Waals surface area contributed by atoms with Gasteiger partial charge in [0, 0.05) is 0 Å². The number of rotatable bonds is 10. The molecule has 0 radical (unpaired) electrons. The molecule has 0 saturated carbocycles. The number of carbonyl (C=O) groups excluding carboxylic acids is 1. The molecule has 0 aromatic carbocycles. The highest BCUT2D eigenvalue weighted by Gasteiger charge is 2.53. The average molecular weight is 411 g/mol. The molecule has 28 heavy (non-hydrogen) atoms. The van der Waals surface area contributed by atoms with Gasteiger partial charge in [-0.2, -0.15) is 0 Å². The lowest BCUT2D eigenvalue weighted by molar-refractivity contribution is -0.164. The van der Waals surface area contributed by atoms with Crippen LogP contribution in [-0.2, 0) is 18.7 Å². The van der Waals surface area contributed by atoms with Crippen LogP contribution in [0.15, 0.2) is 24.3 Å². The molecule has 1 N–H and O–H groups in total. The van der Waals surface area contributed by atoms with E-state index in [2.05, 4.69) is 38.7 Å². The van der Waals surface area contributed by atoms with Crippen molar-refractivity contribution in [2.75, 3.05) is 6.61 Å². The van der Waals surface area contributed by atoms with Crippen LogP contribution in [0.4, 0.5) is 0 Å². The largest absolute Gasteiger partial charge is 0.408 e. The van der Waals surface area contributed by atoms with Gasteiger partial charge in [0.2, 0.25) is 0 Å². The molecule has 1 fully saturated rings. The van der Waals surface area contributed by atoms with E-state index >= 15 is 0 Å². The van der Waals surface area contributed by atoms with E-state index in [1.54, 1.807) is 6.08 Å². The van der Waals surface area contributed by atoms with Gasteiger partial charge in [0.05, 0.1) is 24.2 Å². The molecular weight excluding hydrogens is 372 g/mol. The van der Waals surface area contributed by atoms with Crippen LogP contribution in [0.2, 0.25) is 19.6 Å². The van der Waals surface area contributed by atoms with Gasteiger partial charge in [-0.3, -0.25) is 4.79 Å². The third kappa shape index (κ3) is 6.10. The number of aliphatic hydroxyl groups excluding tert-OH is 1. The zero-order valence-electron chi connectivity index (χ0n) is 18.4. The molecule has 2 rings (SSSR count). The number of hydrogen-bond donors (Lipinski definition) is 1. The Balaban J connectivity index is 2.20. The standard InChI is InChI=1S/C22H38O5Si/c1-7-8-9-10-11-12-14-22(27-28(4,5)6)15-13-17(23)19(22)20(24)18-16-25-21(2,3)26-18/h11-13,15,18-20,24H,7-10,14,16H2,1-6H3/b12-11-/t18-,19?,20?,22+/m1/s1. The lowest BCUT2D eigenvalue weighted by atomic mass is 9.81. The van der Waals surface area contributed by atoms with Crippen LogP contribution in [0.1, 0.15) is 52.9 Å². The lowest BCUT2D eigenvalue weighted by Crippen LogP contribution is -2.53. The van der Waals surface area contributed by atoms with Crippen molar-refractivity contribution in [1.29, 1.82) is 0 Å². The Morgan fingerprint density at radius 1 is 1.32 bits per heavy atom. The highest BCUT2D eigenvalue weighted by Crippen LogP contribution is 2.41. The Labute approximate surface area is 171 Å². The summed E-state index contributed by atoms with van der Waals surface area (Å²) in [5, 5.41) is 11.1. The minimum absolute atomic E-state index is 0.0987. The summed E-state index contributed by atoms with van der Waals surface area (Å²) in [7, 11) is -1.98. The lowest BCUT2D eigenvalue weighted by Gasteiger charge is -2.41. The van der Waals surface area contributed by atoms with Crippen LogP contribution in [0.25, 0.3) is 0 Å². The number of allylic oxidation sites excluding steroid dienone is 2. The van der Waals surface area contributed by atoms with Gasteiger partial charge in [-0.05, 0) is 64.9 Å². The molecule has 0 aromatic heterocycles. The fraction of sp³-hybridized carbons (Fsp3) is 0.773. The maximum Gasteiger partial charge on any atom is 0.184 e. The Hall–Kier alpha value is -0.793. The van der Waals surface area contributed by atoms with Crippen molar-refractivity contribution in [3.8, 4) is 0 Å². The predicted molar refractivity (Wildman–Crippen MR) is 114 cm³/mol. The van der Waals surface area contributed by atoms with Crippen LogP contribution >= 0.6 is 0 Å². The van der Waals surface area contributed by atoms with Gasteiger partial charge in [-0.15, -0.1) is 0 Å². The summed E-state index contributed by atoms with van der Waals surface area (Å²) in [5.74, 6) is -1.53. The van der Waals surface area contributed by atoms with Gasteiger partial charge in [0.15, 0.2) is 19.9 Å². The minimum Gasteiger partial charge on any atom is -0.408 e. The maximum absolute atomic E-state index is 12.8. The van der Waals surface area contributed by atoms with Crippen LogP contribution in [0.3, 0.4) is 0 Å². The molecule has 2 unspecified atom stereocenters. The third-order valence-corrected chi connectivity index (χ3v) is 6.18. The van der Waals surface area contributed by atoms with E-state index in [1.165, 1.54) is 12.8 Å².